The third kappa shape index (κ3) is 7.45. The first-order valence-electron chi connectivity index (χ1n) is 10.9. The fourth-order valence-corrected chi connectivity index (χ4v) is 4.73. The number of primary amides is 1. The number of rotatable bonds is 11. The number of nitrogens with two attached hydrogens (primary N) is 1. The third-order valence-electron chi connectivity index (χ3n) is 4.97. The molecule has 0 saturated heterocycles. The van der Waals surface area contributed by atoms with Crippen molar-refractivity contribution in [3.8, 4) is 11.5 Å². The van der Waals surface area contributed by atoms with Crippen LogP contribution in [0.4, 0.5) is 5.69 Å². The van der Waals surface area contributed by atoms with Crippen LogP contribution in [0.15, 0.2) is 76.7 Å². The molecule has 0 radical (unpaired) electrons. The Morgan fingerprint density at radius 1 is 1.08 bits per heavy atom. The maximum absolute atomic E-state index is 13.5. The first-order valence-corrected chi connectivity index (χ1v) is 12.7. The predicted octanol–water partition coefficient (Wildman–Crippen LogP) is 2.87. The number of halogens is 1. The summed E-state index contributed by atoms with van der Waals surface area (Å²) in [6, 6.07) is 17.2. The maximum atomic E-state index is 13.5. The summed E-state index contributed by atoms with van der Waals surface area (Å²) in [5.74, 6) is -0.639. The molecular weight excluding hydrogens is 520 g/mol. The SMILES string of the molecule is COc1ccc(Cl)cc1N(CC(=O)N/N=C\c1ccc(OCC(N)=O)cc1)S(=O)(=O)c1ccc(C)cc1. The molecule has 0 aromatic heterocycles. The summed E-state index contributed by atoms with van der Waals surface area (Å²) in [6.07, 6.45) is 1.37. The van der Waals surface area contributed by atoms with E-state index < -0.39 is 28.4 Å². The predicted molar refractivity (Wildman–Crippen MR) is 141 cm³/mol. The van der Waals surface area contributed by atoms with E-state index in [2.05, 4.69) is 10.5 Å². The van der Waals surface area contributed by atoms with Crippen LogP contribution in [0, 0.1) is 6.92 Å². The summed E-state index contributed by atoms with van der Waals surface area (Å²) in [4.78, 5) is 23.6. The van der Waals surface area contributed by atoms with E-state index in [0.29, 0.717) is 11.3 Å². The molecule has 37 heavy (non-hydrogen) atoms. The van der Waals surface area contributed by atoms with Gasteiger partial charge in [-0.25, -0.2) is 13.8 Å². The normalized spacial score (nSPS) is 11.2. The fraction of sp³-hybridized carbons (Fsp3) is 0.160. The Bertz CT molecular complexity index is 1390. The number of hydrogen-bond donors (Lipinski definition) is 2. The maximum Gasteiger partial charge on any atom is 0.264 e. The average Bonchev–Trinajstić information content (AvgIpc) is 2.87. The van der Waals surface area contributed by atoms with E-state index >= 15 is 0 Å². The number of sulfonamides is 1. The zero-order chi connectivity index (χ0) is 27.0. The van der Waals surface area contributed by atoms with Gasteiger partial charge in [0, 0.05) is 5.02 Å². The molecule has 2 amide bonds. The minimum atomic E-state index is -4.17. The quantitative estimate of drug-likeness (QED) is 0.281. The molecule has 3 rings (SSSR count). The number of nitrogens with one attached hydrogen (secondary N) is 1. The monoisotopic (exact) mass is 544 g/mol. The van der Waals surface area contributed by atoms with Gasteiger partial charge in [0.25, 0.3) is 21.8 Å². The van der Waals surface area contributed by atoms with E-state index in [1.807, 2.05) is 6.92 Å². The molecular formula is C25H25ClN4O6S. The lowest BCUT2D eigenvalue weighted by Gasteiger charge is -2.25. The Morgan fingerprint density at radius 2 is 1.76 bits per heavy atom. The second-order valence-electron chi connectivity index (χ2n) is 7.76. The zero-order valence-corrected chi connectivity index (χ0v) is 21.6. The first-order chi connectivity index (χ1) is 17.6. The molecule has 3 N–H and O–H groups in total. The number of ether oxygens (including phenoxy) is 2. The molecule has 194 valence electrons. The van der Waals surface area contributed by atoms with Crippen LogP contribution < -0.4 is 24.9 Å². The second kappa shape index (κ2) is 12.2. The van der Waals surface area contributed by atoms with Crippen molar-refractivity contribution in [3.05, 3.63) is 82.9 Å². The molecule has 0 aliphatic heterocycles. The van der Waals surface area contributed by atoms with Crippen LogP contribution in [-0.4, -0.2) is 46.7 Å². The number of aryl methyl sites for hydroxylation is 1. The van der Waals surface area contributed by atoms with Gasteiger partial charge in [0.1, 0.15) is 18.0 Å². The van der Waals surface area contributed by atoms with E-state index in [1.54, 1.807) is 42.5 Å². The summed E-state index contributed by atoms with van der Waals surface area (Å²) >= 11 is 6.14. The van der Waals surface area contributed by atoms with Crippen molar-refractivity contribution in [1.29, 1.82) is 0 Å². The van der Waals surface area contributed by atoms with Crippen molar-refractivity contribution in [2.75, 3.05) is 24.6 Å². The second-order valence-corrected chi connectivity index (χ2v) is 10.1. The van der Waals surface area contributed by atoms with Gasteiger partial charge in [-0.3, -0.25) is 13.9 Å². The Morgan fingerprint density at radius 3 is 2.38 bits per heavy atom. The van der Waals surface area contributed by atoms with Crippen LogP contribution in [-0.2, 0) is 19.6 Å². The highest BCUT2D eigenvalue weighted by atomic mass is 35.5. The highest BCUT2D eigenvalue weighted by molar-refractivity contribution is 7.92. The van der Waals surface area contributed by atoms with E-state index in [4.69, 9.17) is 26.8 Å². The molecule has 3 aromatic carbocycles. The molecule has 0 fully saturated rings. The van der Waals surface area contributed by atoms with Crippen LogP contribution >= 0.6 is 11.6 Å². The summed E-state index contributed by atoms with van der Waals surface area (Å²) in [6.45, 7) is 0.994. The number of nitrogens with zero attached hydrogens (tertiary/aromatic N) is 2. The van der Waals surface area contributed by atoms with Crippen LogP contribution in [0.25, 0.3) is 0 Å². The van der Waals surface area contributed by atoms with Crippen molar-refractivity contribution in [1.82, 2.24) is 5.43 Å². The van der Waals surface area contributed by atoms with E-state index in [1.165, 1.54) is 37.6 Å². The third-order valence-corrected chi connectivity index (χ3v) is 6.98. The number of anilines is 1. The molecule has 0 spiro atoms. The van der Waals surface area contributed by atoms with Crippen molar-refractivity contribution < 1.29 is 27.5 Å². The molecule has 0 unspecified atom stereocenters. The number of hydrazone groups is 1. The molecule has 0 aliphatic rings. The van der Waals surface area contributed by atoms with Crippen molar-refractivity contribution in [2.45, 2.75) is 11.8 Å². The lowest BCUT2D eigenvalue weighted by Crippen LogP contribution is -2.39. The largest absolute Gasteiger partial charge is 0.495 e. The Hall–Kier alpha value is -4.09. The Labute approximate surface area is 219 Å². The van der Waals surface area contributed by atoms with Gasteiger partial charge in [-0.15, -0.1) is 0 Å². The molecule has 10 nitrogen and oxygen atoms in total. The van der Waals surface area contributed by atoms with Crippen LogP contribution in [0.1, 0.15) is 11.1 Å². The lowest BCUT2D eigenvalue weighted by atomic mass is 10.2. The van der Waals surface area contributed by atoms with Gasteiger partial charge in [-0.2, -0.15) is 5.10 Å². The minimum absolute atomic E-state index is 0.00456. The fourth-order valence-electron chi connectivity index (χ4n) is 3.14. The number of carbonyl (C=O) groups excluding carboxylic acids is 2. The summed E-state index contributed by atoms with van der Waals surface area (Å²) in [5, 5.41) is 4.17. The molecule has 0 atom stereocenters. The number of carbonyl (C=O) groups is 2. The van der Waals surface area contributed by atoms with Gasteiger partial charge >= 0.3 is 0 Å². The van der Waals surface area contributed by atoms with Gasteiger partial charge in [-0.1, -0.05) is 29.3 Å². The van der Waals surface area contributed by atoms with Gasteiger partial charge in [0.2, 0.25) is 0 Å². The van der Waals surface area contributed by atoms with E-state index in [0.717, 1.165) is 9.87 Å². The van der Waals surface area contributed by atoms with Gasteiger partial charge in [0.05, 0.1) is 23.9 Å². The first kappa shape index (κ1) is 27.5. The summed E-state index contributed by atoms with van der Waals surface area (Å²) in [5.41, 5.74) is 8.97. The van der Waals surface area contributed by atoms with Gasteiger partial charge in [0.15, 0.2) is 6.61 Å². The standard InChI is InChI=1S/C25H25ClN4O6S/c1-17-3-10-21(11-4-17)37(33,34)30(22-13-19(26)7-12-23(22)35-2)15-25(32)29-28-14-18-5-8-20(9-6-18)36-16-24(27)31/h3-14H,15-16H2,1-2H3,(H2,27,31)(H,29,32)/b28-14-. The minimum Gasteiger partial charge on any atom is -0.495 e. The average molecular weight is 545 g/mol. The van der Waals surface area contributed by atoms with Gasteiger partial charge in [-0.05, 0) is 67.1 Å². The number of hydrogen-bond acceptors (Lipinski definition) is 7. The molecule has 0 saturated carbocycles. The smallest absolute Gasteiger partial charge is 0.264 e. The molecule has 0 heterocycles. The molecule has 3 aromatic rings. The number of benzene rings is 3. The Balaban J connectivity index is 1.81. The highest BCUT2D eigenvalue weighted by Crippen LogP contribution is 2.34. The van der Waals surface area contributed by atoms with Crippen molar-refractivity contribution in [3.63, 3.8) is 0 Å². The molecule has 0 aliphatic carbocycles. The molecule has 0 bridgehead atoms. The summed E-state index contributed by atoms with van der Waals surface area (Å²) < 4.78 is 38.5. The Kier molecular flexibility index (Phi) is 9.10. The van der Waals surface area contributed by atoms with Crippen molar-refractivity contribution >= 4 is 45.3 Å². The number of amides is 2. The van der Waals surface area contributed by atoms with Crippen molar-refractivity contribution in [2.24, 2.45) is 10.8 Å². The van der Waals surface area contributed by atoms with Crippen LogP contribution in [0.3, 0.4) is 0 Å². The molecule has 12 heteroatoms. The van der Waals surface area contributed by atoms with E-state index in [9.17, 15) is 18.0 Å². The number of methoxy groups -OCH3 is 1. The summed E-state index contributed by atoms with van der Waals surface area (Å²) in [7, 11) is -2.79. The van der Waals surface area contributed by atoms with Gasteiger partial charge < -0.3 is 15.2 Å². The highest BCUT2D eigenvalue weighted by Gasteiger charge is 2.29. The van der Waals surface area contributed by atoms with E-state index in [-0.39, 0.29) is 28.0 Å². The van der Waals surface area contributed by atoms with Crippen LogP contribution in [0.5, 0.6) is 11.5 Å². The van der Waals surface area contributed by atoms with Crippen LogP contribution in [0.2, 0.25) is 5.02 Å². The topological polar surface area (TPSA) is 140 Å². The lowest BCUT2D eigenvalue weighted by molar-refractivity contribution is -0.120. The zero-order valence-electron chi connectivity index (χ0n) is 20.0.